The molecule has 2 amide bonds. The van der Waals surface area contributed by atoms with E-state index < -0.39 is 17.0 Å². The highest BCUT2D eigenvalue weighted by Crippen LogP contribution is 2.30. The smallest absolute Gasteiger partial charge is 0.410 e. The van der Waals surface area contributed by atoms with E-state index in [-0.39, 0.29) is 41.6 Å². The summed E-state index contributed by atoms with van der Waals surface area (Å²) in [6, 6.07) is 9.56. The van der Waals surface area contributed by atoms with Crippen molar-refractivity contribution in [3.05, 3.63) is 52.6 Å². The number of amides is 2. The largest absolute Gasteiger partial charge is 0.494 e. The molecule has 43 heavy (non-hydrogen) atoms. The van der Waals surface area contributed by atoms with Crippen molar-refractivity contribution in [1.82, 2.24) is 19.8 Å². The third kappa shape index (κ3) is 7.63. The first-order chi connectivity index (χ1) is 20.1. The first-order valence-corrected chi connectivity index (χ1v) is 14.5. The number of carbonyl (C=O) groups is 2. The van der Waals surface area contributed by atoms with Gasteiger partial charge in [0.2, 0.25) is 5.91 Å². The van der Waals surface area contributed by atoms with E-state index in [9.17, 15) is 18.8 Å². The average molecular weight is 596 g/mol. The van der Waals surface area contributed by atoms with Crippen LogP contribution in [0.25, 0.3) is 22.3 Å². The molecule has 1 aliphatic heterocycles. The molecular formula is C32H42FN5O5. The predicted octanol–water partition coefficient (Wildman–Crippen LogP) is 4.82. The normalized spacial score (nSPS) is 15.4. The van der Waals surface area contributed by atoms with Crippen LogP contribution in [-0.4, -0.2) is 71.4 Å². The fraction of sp³-hybridized carbons (Fsp3) is 0.500. The number of nitrogens with one attached hydrogen (secondary N) is 1. The van der Waals surface area contributed by atoms with Gasteiger partial charge in [0.15, 0.2) is 11.6 Å². The summed E-state index contributed by atoms with van der Waals surface area (Å²) in [6.45, 7) is 15.3. The van der Waals surface area contributed by atoms with Gasteiger partial charge in [-0.1, -0.05) is 13.8 Å². The van der Waals surface area contributed by atoms with Crippen LogP contribution in [0.15, 0.2) is 41.2 Å². The Hall–Kier alpha value is -4.15. The highest BCUT2D eigenvalue weighted by Gasteiger charge is 2.33. The van der Waals surface area contributed by atoms with Crippen molar-refractivity contribution in [2.75, 3.05) is 38.2 Å². The van der Waals surface area contributed by atoms with Crippen molar-refractivity contribution in [1.29, 1.82) is 0 Å². The van der Waals surface area contributed by atoms with E-state index in [4.69, 9.17) is 14.5 Å². The molecule has 0 unspecified atom stereocenters. The van der Waals surface area contributed by atoms with Gasteiger partial charge in [-0.15, -0.1) is 0 Å². The zero-order chi connectivity index (χ0) is 31.7. The van der Waals surface area contributed by atoms with Crippen LogP contribution in [0.1, 0.15) is 48.5 Å². The molecule has 0 atom stereocenters. The lowest BCUT2D eigenvalue weighted by Crippen LogP contribution is -2.42. The zero-order valence-corrected chi connectivity index (χ0v) is 26.3. The third-order valence-corrected chi connectivity index (χ3v) is 6.99. The van der Waals surface area contributed by atoms with Crippen LogP contribution in [-0.2, 0) is 16.1 Å². The van der Waals surface area contributed by atoms with Crippen molar-refractivity contribution in [2.45, 2.75) is 66.7 Å². The minimum absolute atomic E-state index is 0.00424. The minimum Gasteiger partial charge on any atom is -0.494 e. The van der Waals surface area contributed by atoms with Crippen molar-refractivity contribution in [3.63, 3.8) is 0 Å². The lowest BCUT2D eigenvalue weighted by atomic mass is 9.92. The topological polar surface area (TPSA) is 106 Å². The molecule has 0 bridgehead atoms. The number of hydrogen-bond acceptors (Lipinski definition) is 7. The zero-order valence-electron chi connectivity index (χ0n) is 26.3. The van der Waals surface area contributed by atoms with E-state index in [2.05, 4.69) is 24.1 Å². The van der Waals surface area contributed by atoms with Crippen molar-refractivity contribution in [3.8, 4) is 17.1 Å². The lowest BCUT2D eigenvalue weighted by Gasteiger charge is -2.32. The Morgan fingerprint density at radius 3 is 2.47 bits per heavy atom. The van der Waals surface area contributed by atoms with Gasteiger partial charge in [-0.2, -0.15) is 0 Å². The Bertz CT molecular complexity index is 1580. The fourth-order valence-electron chi connectivity index (χ4n) is 5.27. The number of halogens is 1. The second kappa shape index (κ2) is 12.2. The van der Waals surface area contributed by atoms with E-state index in [0.29, 0.717) is 42.6 Å². The quantitative estimate of drug-likeness (QED) is 0.436. The van der Waals surface area contributed by atoms with Crippen LogP contribution < -0.4 is 20.5 Å². The molecule has 0 saturated carbocycles. The summed E-state index contributed by atoms with van der Waals surface area (Å²) in [4.78, 5) is 48.4. The van der Waals surface area contributed by atoms with Gasteiger partial charge >= 0.3 is 6.09 Å². The van der Waals surface area contributed by atoms with Crippen LogP contribution in [0, 0.1) is 11.2 Å². The Morgan fingerprint density at radius 2 is 1.81 bits per heavy atom. The van der Waals surface area contributed by atoms with E-state index in [1.165, 1.54) is 29.9 Å². The van der Waals surface area contributed by atoms with Gasteiger partial charge in [0, 0.05) is 43.5 Å². The SMILES string of the molecule is COc1cc(-c2nc3ccc(N4CCN(C(=O)OC(C)(C)C)CC(C)(C)C4)cc3c(=O)n2CC(=O)NC(C)C)ccc1F. The number of ether oxygens (including phenoxy) is 2. The number of benzene rings is 2. The summed E-state index contributed by atoms with van der Waals surface area (Å²) in [6.07, 6.45) is -0.349. The van der Waals surface area contributed by atoms with Crippen LogP contribution in [0.4, 0.5) is 14.9 Å². The Morgan fingerprint density at radius 1 is 1.09 bits per heavy atom. The van der Waals surface area contributed by atoms with Crippen LogP contribution >= 0.6 is 0 Å². The van der Waals surface area contributed by atoms with Gasteiger partial charge in [0.25, 0.3) is 5.56 Å². The number of aromatic nitrogens is 2. The highest BCUT2D eigenvalue weighted by atomic mass is 19.1. The number of hydrogen-bond donors (Lipinski definition) is 1. The monoisotopic (exact) mass is 595 g/mol. The molecule has 1 fully saturated rings. The molecular weight excluding hydrogens is 553 g/mol. The van der Waals surface area contributed by atoms with Crippen LogP contribution in [0.5, 0.6) is 5.75 Å². The van der Waals surface area contributed by atoms with Crippen molar-refractivity contribution < 1.29 is 23.5 Å². The van der Waals surface area contributed by atoms with Gasteiger partial charge < -0.3 is 24.6 Å². The highest BCUT2D eigenvalue weighted by molar-refractivity contribution is 5.85. The van der Waals surface area contributed by atoms with E-state index in [1.54, 1.807) is 17.0 Å². The van der Waals surface area contributed by atoms with Gasteiger partial charge in [-0.25, -0.2) is 14.2 Å². The molecule has 232 valence electrons. The van der Waals surface area contributed by atoms with E-state index in [1.807, 2.05) is 40.7 Å². The maximum atomic E-state index is 14.2. The van der Waals surface area contributed by atoms with Crippen molar-refractivity contribution >= 4 is 28.6 Å². The van der Waals surface area contributed by atoms with Crippen LogP contribution in [0.3, 0.4) is 0 Å². The summed E-state index contributed by atoms with van der Waals surface area (Å²) < 4.78 is 26.3. The maximum Gasteiger partial charge on any atom is 0.410 e. The molecule has 1 aromatic heterocycles. The standard InChI is InChI=1S/C32H42FN5O5/c1-20(2)34-27(39)17-38-28(21-9-11-24(33)26(15-21)42-8)35-25-12-10-22(16-23(25)29(38)40)36-13-14-37(19-32(6,7)18-36)30(41)43-31(3,4)5/h9-12,15-16,20H,13-14,17-19H2,1-8H3,(H,34,39). The number of anilines is 1. The van der Waals surface area contributed by atoms with E-state index >= 15 is 0 Å². The minimum atomic E-state index is -0.595. The van der Waals surface area contributed by atoms with Gasteiger partial charge in [0.1, 0.15) is 18.0 Å². The van der Waals surface area contributed by atoms with E-state index in [0.717, 1.165) is 5.69 Å². The molecule has 11 heteroatoms. The molecule has 2 heterocycles. The number of fused-ring (bicyclic) bond motifs is 1. The number of rotatable bonds is 6. The molecule has 10 nitrogen and oxygen atoms in total. The first kappa shape index (κ1) is 31.8. The number of methoxy groups -OCH3 is 1. The average Bonchev–Trinajstić information content (AvgIpc) is 3.07. The molecule has 1 N–H and O–H groups in total. The molecule has 0 spiro atoms. The molecule has 3 aromatic rings. The molecule has 0 aliphatic carbocycles. The van der Waals surface area contributed by atoms with Crippen molar-refractivity contribution in [2.24, 2.45) is 5.41 Å². The Balaban J connectivity index is 1.76. The lowest BCUT2D eigenvalue weighted by molar-refractivity contribution is -0.122. The fourth-order valence-corrected chi connectivity index (χ4v) is 5.27. The third-order valence-electron chi connectivity index (χ3n) is 6.99. The molecule has 4 rings (SSSR count). The maximum absolute atomic E-state index is 14.2. The Labute approximate surface area is 251 Å². The molecule has 0 radical (unpaired) electrons. The molecule has 2 aromatic carbocycles. The number of nitrogens with zero attached hydrogens (tertiary/aromatic N) is 4. The Kier molecular flexibility index (Phi) is 9.03. The summed E-state index contributed by atoms with van der Waals surface area (Å²) in [5.74, 6) is -0.661. The number of carbonyl (C=O) groups excluding carboxylic acids is 2. The summed E-state index contributed by atoms with van der Waals surface area (Å²) in [5, 5.41) is 3.17. The van der Waals surface area contributed by atoms with Gasteiger partial charge in [-0.05, 0) is 76.4 Å². The summed E-state index contributed by atoms with van der Waals surface area (Å²) in [5.41, 5.74) is 0.435. The molecule has 1 aliphatic rings. The second-order valence-electron chi connectivity index (χ2n) is 13.1. The van der Waals surface area contributed by atoms with Crippen LogP contribution in [0.2, 0.25) is 0 Å². The van der Waals surface area contributed by atoms with Gasteiger partial charge in [0.05, 0.1) is 18.0 Å². The first-order valence-electron chi connectivity index (χ1n) is 14.5. The predicted molar refractivity (Wildman–Crippen MR) is 165 cm³/mol. The second-order valence-corrected chi connectivity index (χ2v) is 13.1. The summed E-state index contributed by atoms with van der Waals surface area (Å²) in [7, 11) is 1.36. The summed E-state index contributed by atoms with van der Waals surface area (Å²) >= 11 is 0. The molecule has 1 saturated heterocycles. The van der Waals surface area contributed by atoms with Gasteiger partial charge in [-0.3, -0.25) is 14.2 Å².